The smallest absolute Gasteiger partial charge is 0.231 e. The van der Waals surface area contributed by atoms with Crippen LogP contribution < -0.4 is 14.2 Å². The second-order valence-electron chi connectivity index (χ2n) is 5.34. The summed E-state index contributed by atoms with van der Waals surface area (Å²) in [6.45, 7) is 0.850. The van der Waals surface area contributed by atoms with E-state index in [1.165, 1.54) is 0 Å². The van der Waals surface area contributed by atoms with Crippen molar-refractivity contribution in [1.82, 2.24) is 0 Å². The molecule has 114 valence electrons. The number of ether oxygens (including phenoxy) is 3. The highest BCUT2D eigenvalue weighted by Crippen LogP contribution is 2.41. The summed E-state index contributed by atoms with van der Waals surface area (Å²) in [7, 11) is 0. The molecule has 0 spiro atoms. The number of para-hydroxylation sites is 1. The third kappa shape index (κ3) is 2.86. The van der Waals surface area contributed by atoms with E-state index in [0.717, 1.165) is 33.9 Å². The Morgan fingerprint density at radius 3 is 2.43 bits per heavy atom. The molecule has 1 aliphatic rings. The average Bonchev–Trinajstić information content (AvgIpc) is 3.10. The summed E-state index contributed by atoms with van der Waals surface area (Å²) in [6.07, 6.45) is 0. The zero-order valence-electron chi connectivity index (χ0n) is 12.6. The van der Waals surface area contributed by atoms with Gasteiger partial charge in [-0.15, -0.1) is 0 Å². The van der Waals surface area contributed by atoms with Gasteiger partial charge in [-0.25, -0.2) is 0 Å². The first-order valence-corrected chi connectivity index (χ1v) is 7.56. The topological polar surface area (TPSA) is 27.7 Å². The van der Waals surface area contributed by atoms with E-state index in [9.17, 15) is 0 Å². The van der Waals surface area contributed by atoms with Gasteiger partial charge in [0, 0.05) is 5.56 Å². The van der Waals surface area contributed by atoms with Gasteiger partial charge in [-0.3, -0.25) is 0 Å². The first-order chi connectivity index (χ1) is 11.4. The van der Waals surface area contributed by atoms with Crippen molar-refractivity contribution in [3.05, 3.63) is 78.4 Å². The Labute approximate surface area is 135 Å². The van der Waals surface area contributed by atoms with Crippen molar-refractivity contribution >= 4 is 0 Å². The third-order valence-corrected chi connectivity index (χ3v) is 3.81. The molecule has 23 heavy (non-hydrogen) atoms. The summed E-state index contributed by atoms with van der Waals surface area (Å²) in [4.78, 5) is 0. The predicted octanol–water partition coefficient (Wildman–Crippen LogP) is 4.66. The van der Waals surface area contributed by atoms with Gasteiger partial charge in [0.25, 0.3) is 0 Å². The normalized spacial score (nSPS) is 12.2. The SMILES string of the molecule is c1ccc(COc2ccc(-c3cccc4c3OCO4)cc2)cc1. The second kappa shape index (κ2) is 6.05. The summed E-state index contributed by atoms with van der Waals surface area (Å²) >= 11 is 0. The molecule has 0 aliphatic carbocycles. The van der Waals surface area contributed by atoms with Crippen molar-refractivity contribution in [2.75, 3.05) is 6.79 Å². The Morgan fingerprint density at radius 1 is 0.783 bits per heavy atom. The molecular formula is C20H16O3. The van der Waals surface area contributed by atoms with Crippen LogP contribution in [0.15, 0.2) is 72.8 Å². The van der Waals surface area contributed by atoms with Crippen LogP contribution in [0, 0.1) is 0 Å². The van der Waals surface area contributed by atoms with Gasteiger partial charge in [0.15, 0.2) is 11.5 Å². The average molecular weight is 304 g/mol. The lowest BCUT2D eigenvalue weighted by atomic mass is 10.0. The van der Waals surface area contributed by atoms with Gasteiger partial charge >= 0.3 is 0 Å². The molecule has 3 aromatic carbocycles. The van der Waals surface area contributed by atoms with Gasteiger partial charge in [0.2, 0.25) is 6.79 Å². The van der Waals surface area contributed by atoms with Gasteiger partial charge < -0.3 is 14.2 Å². The molecule has 0 amide bonds. The second-order valence-corrected chi connectivity index (χ2v) is 5.34. The predicted molar refractivity (Wildman–Crippen MR) is 88.8 cm³/mol. The van der Waals surface area contributed by atoms with Crippen molar-refractivity contribution in [2.24, 2.45) is 0 Å². The maximum Gasteiger partial charge on any atom is 0.231 e. The zero-order chi connectivity index (χ0) is 15.5. The van der Waals surface area contributed by atoms with Crippen LogP contribution in [-0.4, -0.2) is 6.79 Å². The van der Waals surface area contributed by atoms with Crippen molar-refractivity contribution in [3.8, 4) is 28.4 Å². The van der Waals surface area contributed by atoms with Crippen LogP contribution in [0.3, 0.4) is 0 Å². The molecule has 0 aromatic heterocycles. The van der Waals surface area contributed by atoms with Crippen molar-refractivity contribution in [3.63, 3.8) is 0 Å². The van der Waals surface area contributed by atoms with Gasteiger partial charge in [0.05, 0.1) is 0 Å². The van der Waals surface area contributed by atoms with Gasteiger partial charge in [-0.1, -0.05) is 54.6 Å². The monoisotopic (exact) mass is 304 g/mol. The van der Waals surface area contributed by atoms with Crippen LogP contribution in [0.5, 0.6) is 17.2 Å². The molecule has 3 aromatic rings. The van der Waals surface area contributed by atoms with Gasteiger partial charge in [-0.2, -0.15) is 0 Å². The van der Waals surface area contributed by atoms with E-state index >= 15 is 0 Å². The van der Waals surface area contributed by atoms with Crippen LogP contribution in [-0.2, 0) is 6.61 Å². The Balaban J connectivity index is 1.51. The lowest BCUT2D eigenvalue weighted by Crippen LogP contribution is -1.95. The Bertz CT molecular complexity index is 795. The molecule has 0 unspecified atom stereocenters. The third-order valence-electron chi connectivity index (χ3n) is 3.81. The van der Waals surface area contributed by atoms with E-state index in [-0.39, 0.29) is 6.79 Å². The number of fused-ring (bicyclic) bond motifs is 1. The number of benzene rings is 3. The highest BCUT2D eigenvalue weighted by atomic mass is 16.7. The number of rotatable bonds is 4. The minimum absolute atomic E-state index is 0.282. The fourth-order valence-corrected chi connectivity index (χ4v) is 2.63. The molecule has 0 bridgehead atoms. The minimum atomic E-state index is 0.282. The Morgan fingerprint density at radius 2 is 1.61 bits per heavy atom. The van der Waals surface area contributed by atoms with E-state index in [4.69, 9.17) is 14.2 Å². The molecule has 3 nitrogen and oxygen atoms in total. The van der Waals surface area contributed by atoms with Crippen LogP contribution in [0.25, 0.3) is 11.1 Å². The standard InChI is InChI=1S/C20H16O3/c1-2-5-15(6-3-1)13-21-17-11-9-16(10-12-17)18-7-4-8-19-20(18)23-14-22-19/h1-12H,13-14H2. The van der Waals surface area contributed by atoms with Crippen molar-refractivity contribution in [2.45, 2.75) is 6.61 Å². The van der Waals surface area contributed by atoms with Gasteiger partial charge in [0.1, 0.15) is 12.4 Å². The molecule has 1 aliphatic heterocycles. The zero-order valence-corrected chi connectivity index (χ0v) is 12.6. The quantitative estimate of drug-likeness (QED) is 0.701. The van der Waals surface area contributed by atoms with E-state index in [1.54, 1.807) is 0 Å². The maximum absolute atomic E-state index is 5.82. The summed E-state index contributed by atoms with van der Waals surface area (Å²) in [5.41, 5.74) is 3.28. The van der Waals surface area contributed by atoms with Gasteiger partial charge in [-0.05, 0) is 29.3 Å². The van der Waals surface area contributed by atoms with E-state index in [2.05, 4.69) is 12.1 Å². The van der Waals surface area contributed by atoms with Crippen LogP contribution >= 0.6 is 0 Å². The molecule has 0 N–H and O–H groups in total. The molecule has 0 fully saturated rings. The summed E-state index contributed by atoms with van der Waals surface area (Å²) < 4.78 is 16.8. The van der Waals surface area contributed by atoms with E-state index < -0.39 is 0 Å². The Kier molecular flexibility index (Phi) is 3.60. The lowest BCUT2D eigenvalue weighted by molar-refractivity contribution is 0.174. The molecule has 4 rings (SSSR count). The van der Waals surface area contributed by atoms with Crippen LogP contribution in [0.4, 0.5) is 0 Å². The molecule has 0 saturated carbocycles. The molecule has 0 radical (unpaired) electrons. The summed E-state index contributed by atoms with van der Waals surface area (Å²) in [6, 6.07) is 24.1. The highest BCUT2D eigenvalue weighted by Gasteiger charge is 2.18. The highest BCUT2D eigenvalue weighted by molar-refractivity contribution is 5.74. The number of hydrogen-bond acceptors (Lipinski definition) is 3. The molecular weight excluding hydrogens is 288 g/mol. The first-order valence-electron chi connectivity index (χ1n) is 7.56. The Hall–Kier alpha value is -2.94. The largest absolute Gasteiger partial charge is 0.489 e. The van der Waals surface area contributed by atoms with E-state index in [1.807, 2.05) is 60.7 Å². The molecule has 3 heteroatoms. The fraction of sp³-hybridized carbons (Fsp3) is 0.100. The molecule has 0 atom stereocenters. The van der Waals surface area contributed by atoms with Crippen LogP contribution in [0.1, 0.15) is 5.56 Å². The minimum Gasteiger partial charge on any atom is -0.489 e. The van der Waals surface area contributed by atoms with Crippen molar-refractivity contribution in [1.29, 1.82) is 0 Å². The maximum atomic E-state index is 5.82. The summed E-state index contributed by atoms with van der Waals surface area (Å²) in [5.74, 6) is 2.46. The van der Waals surface area contributed by atoms with Crippen LogP contribution in [0.2, 0.25) is 0 Å². The lowest BCUT2D eigenvalue weighted by Gasteiger charge is -2.09. The number of hydrogen-bond donors (Lipinski definition) is 0. The van der Waals surface area contributed by atoms with Crippen molar-refractivity contribution < 1.29 is 14.2 Å². The molecule has 1 heterocycles. The first kappa shape index (κ1) is 13.7. The molecule has 0 saturated heterocycles. The van der Waals surface area contributed by atoms with E-state index in [0.29, 0.717) is 6.61 Å². The summed E-state index contributed by atoms with van der Waals surface area (Å²) in [5, 5.41) is 0. The fourth-order valence-electron chi connectivity index (χ4n) is 2.63.